The van der Waals surface area contributed by atoms with Gasteiger partial charge in [-0.25, -0.2) is 19.6 Å². The van der Waals surface area contributed by atoms with Crippen LogP contribution in [-0.2, 0) is 13.0 Å². The molecule has 8 nitrogen and oxygen atoms in total. The van der Waals surface area contributed by atoms with Gasteiger partial charge in [-0.3, -0.25) is 4.98 Å². The molecule has 0 unspecified atom stereocenters. The van der Waals surface area contributed by atoms with E-state index in [1.54, 1.807) is 35.4 Å². The molecule has 0 aliphatic heterocycles. The van der Waals surface area contributed by atoms with Crippen molar-refractivity contribution >= 4 is 10.9 Å². The van der Waals surface area contributed by atoms with Crippen LogP contribution in [0.15, 0.2) is 73.2 Å². The maximum atomic E-state index is 9.50. The third-order valence-corrected chi connectivity index (χ3v) is 5.17. The first-order chi connectivity index (χ1) is 15.8. The van der Waals surface area contributed by atoms with E-state index in [0.29, 0.717) is 30.3 Å². The Morgan fingerprint density at radius 3 is 2.53 bits per heavy atom. The van der Waals surface area contributed by atoms with Crippen molar-refractivity contribution < 1.29 is 5.11 Å². The molecule has 0 amide bonds. The summed E-state index contributed by atoms with van der Waals surface area (Å²) in [6, 6.07) is 17.3. The lowest BCUT2D eigenvalue weighted by molar-refractivity contribution is 0.276. The van der Waals surface area contributed by atoms with Crippen molar-refractivity contribution in [1.82, 2.24) is 29.7 Å². The predicted octanol–water partition coefficient (Wildman–Crippen LogP) is 2.93. The van der Waals surface area contributed by atoms with Gasteiger partial charge in [0.2, 0.25) is 0 Å². The first-order valence-corrected chi connectivity index (χ1v) is 10.3. The number of nitrogens with zero attached hydrogens (tertiary/aromatic N) is 6. The fourth-order valence-corrected chi connectivity index (χ4v) is 3.68. The summed E-state index contributed by atoms with van der Waals surface area (Å²) in [5.41, 5.74) is 10.7. The van der Waals surface area contributed by atoms with Crippen LogP contribution in [0.4, 0.5) is 0 Å². The van der Waals surface area contributed by atoms with E-state index in [-0.39, 0.29) is 6.61 Å². The van der Waals surface area contributed by atoms with E-state index in [1.807, 2.05) is 42.5 Å². The van der Waals surface area contributed by atoms with Crippen molar-refractivity contribution in [2.75, 3.05) is 6.54 Å². The average Bonchev–Trinajstić information content (AvgIpc) is 3.28. The smallest absolute Gasteiger partial charge is 0.159 e. The lowest BCUT2D eigenvalue weighted by atomic mass is 10.0. The molecule has 0 saturated carbocycles. The number of rotatable bonds is 6. The lowest BCUT2D eigenvalue weighted by Gasteiger charge is -2.10. The van der Waals surface area contributed by atoms with Crippen molar-refractivity contribution in [3.05, 3.63) is 84.6 Å². The summed E-state index contributed by atoms with van der Waals surface area (Å²) in [5.74, 6) is 1.22. The highest BCUT2D eigenvalue weighted by Gasteiger charge is 2.16. The highest BCUT2D eigenvalue weighted by atomic mass is 16.3. The van der Waals surface area contributed by atoms with Gasteiger partial charge in [0.25, 0.3) is 0 Å². The monoisotopic (exact) mass is 423 g/mol. The number of nitrogens with two attached hydrogens (primary N) is 1. The fraction of sp³-hybridized carbons (Fsp3) is 0.125. The highest BCUT2D eigenvalue weighted by Crippen LogP contribution is 2.33. The van der Waals surface area contributed by atoms with Crippen molar-refractivity contribution in [1.29, 1.82) is 0 Å². The van der Waals surface area contributed by atoms with Crippen LogP contribution in [0.2, 0.25) is 0 Å². The Bertz CT molecular complexity index is 1380. The van der Waals surface area contributed by atoms with Crippen molar-refractivity contribution in [3.63, 3.8) is 0 Å². The predicted molar refractivity (Wildman–Crippen MR) is 122 cm³/mol. The van der Waals surface area contributed by atoms with Crippen molar-refractivity contribution in [2.45, 2.75) is 13.0 Å². The molecule has 3 N–H and O–H groups in total. The van der Waals surface area contributed by atoms with Gasteiger partial charge < -0.3 is 10.8 Å². The van der Waals surface area contributed by atoms with Crippen LogP contribution in [-0.4, -0.2) is 41.4 Å². The van der Waals surface area contributed by atoms with E-state index in [9.17, 15) is 5.11 Å². The normalized spacial score (nSPS) is 11.2. The summed E-state index contributed by atoms with van der Waals surface area (Å²) < 4.78 is 1.76. The molecule has 5 rings (SSSR count). The zero-order valence-electron chi connectivity index (χ0n) is 17.3. The minimum atomic E-state index is -0.140. The van der Waals surface area contributed by atoms with Gasteiger partial charge in [-0.2, -0.15) is 5.10 Å². The summed E-state index contributed by atoms with van der Waals surface area (Å²) in [5, 5.41) is 15.0. The van der Waals surface area contributed by atoms with E-state index >= 15 is 0 Å². The number of aliphatic hydroxyl groups is 1. The van der Waals surface area contributed by atoms with Gasteiger partial charge in [0.1, 0.15) is 0 Å². The van der Waals surface area contributed by atoms with Gasteiger partial charge in [-0.1, -0.05) is 12.1 Å². The highest BCUT2D eigenvalue weighted by molar-refractivity contribution is 5.97. The summed E-state index contributed by atoms with van der Waals surface area (Å²) >= 11 is 0. The summed E-state index contributed by atoms with van der Waals surface area (Å²) in [4.78, 5) is 18.2. The number of pyridine rings is 2. The van der Waals surface area contributed by atoms with Crippen LogP contribution in [0.1, 0.15) is 11.4 Å². The third kappa shape index (κ3) is 3.73. The van der Waals surface area contributed by atoms with E-state index in [1.165, 1.54) is 0 Å². The zero-order chi connectivity index (χ0) is 21.9. The van der Waals surface area contributed by atoms with Gasteiger partial charge in [-0.05, 0) is 49.0 Å². The van der Waals surface area contributed by atoms with Gasteiger partial charge in [-0.15, -0.1) is 0 Å². The summed E-state index contributed by atoms with van der Waals surface area (Å²) in [7, 11) is 0. The molecule has 158 valence electrons. The first-order valence-electron chi connectivity index (χ1n) is 10.3. The molecule has 32 heavy (non-hydrogen) atoms. The van der Waals surface area contributed by atoms with E-state index in [4.69, 9.17) is 10.7 Å². The van der Waals surface area contributed by atoms with Gasteiger partial charge >= 0.3 is 0 Å². The Morgan fingerprint density at radius 2 is 1.72 bits per heavy atom. The largest absolute Gasteiger partial charge is 0.390 e. The number of fused-ring (bicyclic) bond motifs is 1. The molecule has 0 spiro atoms. The molecule has 8 heteroatoms. The van der Waals surface area contributed by atoms with Gasteiger partial charge in [0.15, 0.2) is 11.6 Å². The molecule has 0 saturated heterocycles. The molecule has 0 fully saturated rings. The average molecular weight is 423 g/mol. The fourth-order valence-electron chi connectivity index (χ4n) is 3.68. The second-order valence-electron chi connectivity index (χ2n) is 7.28. The number of benzene rings is 1. The molecule has 1 aromatic carbocycles. The van der Waals surface area contributed by atoms with Crippen LogP contribution in [0.3, 0.4) is 0 Å². The molecule has 0 aliphatic rings. The number of hydrogen-bond donors (Lipinski definition) is 2. The number of aromatic nitrogens is 6. The quantitative estimate of drug-likeness (QED) is 0.431. The molecule has 0 atom stereocenters. The van der Waals surface area contributed by atoms with Gasteiger partial charge in [0, 0.05) is 41.0 Å². The molecular formula is C24H21N7O. The standard InChI is InChI=1S/C24H21N7O/c25-9-8-17-4-1-6-21(29-17)16-12-19(24-26-10-3-11-27-24)20-14-28-31(22(20)13-16)23-7-2-5-18(15-32)30-23/h1-7,10-14,32H,8-9,15,25H2. The molecule has 0 aliphatic carbocycles. The van der Waals surface area contributed by atoms with Gasteiger partial charge in [0.05, 0.1) is 29.7 Å². The van der Waals surface area contributed by atoms with E-state index < -0.39 is 0 Å². The molecule has 0 radical (unpaired) electrons. The minimum absolute atomic E-state index is 0.140. The molecule has 4 aromatic heterocycles. The van der Waals surface area contributed by atoms with E-state index in [2.05, 4.69) is 20.1 Å². The third-order valence-electron chi connectivity index (χ3n) is 5.17. The lowest BCUT2D eigenvalue weighted by Crippen LogP contribution is -2.04. The van der Waals surface area contributed by atoms with Crippen LogP contribution >= 0.6 is 0 Å². The van der Waals surface area contributed by atoms with Crippen LogP contribution in [0, 0.1) is 0 Å². The Balaban J connectivity index is 1.75. The van der Waals surface area contributed by atoms with Crippen molar-refractivity contribution in [2.24, 2.45) is 5.73 Å². The number of hydrogen-bond acceptors (Lipinski definition) is 7. The Hall–Kier alpha value is -4.01. The molecule has 4 heterocycles. The topological polar surface area (TPSA) is 116 Å². The SMILES string of the molecule is NCCc1cccc(-c2cc(-c3ncccn3)c3cnn(-c4cccc(CO)n4)c3c2)n1. The maximum absolute atomic E-state index is 9.50. The summed E-state index contributed by atoms with van der Waals surface area (Å²) in [6.45, 7) is 0.400. The van der Waals surface area contributed by atoms with Crippen LogP contribution in [0.5, 0.6) is 0 Å². The maximum Gasteiger partial charge on any atom is 0.159 e. The first kappa shape index (κ1) is 19.9. The second-order valence-corrected chi connectivity index (χ2v) is 7.28. The zero-order valence-corrected chi connectivity index (χ0v) is 17.3. The van der Waals surface area contributed by atoms with Crippen molar-refractivity contribution in [3.8, 4) is 28.5 Å². The van der Waals surface area contributed by atoms with E-state index in [0.717, 1.165) is 33.4 Å². The summed E-state index contributed by atoms with van der Waals surface area (Å²) in [6.07, 6.45) is 5.94. The minimum Gasteiger partial charge on any atom is -0.390 e. The van der Waals surface area contributed by atoms with Crippen LogP contribution in [0.25, 0.3) is 39.4 Å². The Morgan fingerprint density at radius 1 is 0.906 bits per heavy atom. The Labute approximate surface area is 184 Å². The second kappa shape index (κ2) is 8.62. The van der Waals surface area contributed by atoms with Crippen LogP contribution < -0.4 is 5.73 Å². The number of aliphatic hydroxyl groups excluding tert-OH is 1. The molecule has 0 bridgehead atoms. The molecular weight excluding hydrogens is 402 g/mol. The Kier molecular flexibility index (Phi) is 5.37. The molecule has 5 aromatic rings.